The molecule has 3 aromatic carbocycles. The van der Waals surface area contributed by atoms with E-state index in [0.29, 0.717) is 65.0 Å². The number of amides is 5. The predicted octanol–water partition coefficient (Wildman–Crippen LogP) is 8.06. The molecule has 6 aromatic rings. The molecule has 4 fully saturated rings. The van der Waals surface area contributed by atoms with Crippen LogP contribution in [0.25, 0.3) is 21.3 Å². The van der Waals surface area contributed by atoms with Crippen LogP contribution in [0.3, 0.4) is 0 Å². The molecule has 12 rings (SSSR count). The van der Waals surface area contributed by atoms with Gasteiger partial charge in [-0.3, -0.25) is 38.6 Å². The summed E-state index contributed by atoms with van der Waals surface area (Å²) < 4.78 is 60.5. The Labute approximate surface area is 519 Å². The Kier molecular flexibility index (Phi) is 18.1. The molecule has 2 aliphatic heterocycles. The number of anilines is 2. The summed E-state index contributed by atoms with van der Waals surface area (Å²) >= 11 is 1.41. The minimum absolute atomic E-state index is 0.0187. The van der Waals surface area contributed by atoms with Crippen LogP contribution < -0.4 is 20.3 Å². The second kappa shape index (κ2) is 25.8. The van der Waals surface area contributed by atoms with Gasteiger partial charge in [-0.15, -0.1) is 0 Å². The number of rotatable bonds is 27. The van der Waals surface area contributed by atoms with Gasteiger partial charge in [0.2, 0.25) is 5.91 Å². The molecule has 4 N–H and O–H groups in total. The number of carbonyl (C=O) groups is 6. The number of para-hydroxylation sites is 1. The molecular weight excluding hydrogens is 1180 g/mol. The van der Waals surface area contributed by atoms with Crippen LogP contribution in [0.1, 0.15) is 108 Å². The van der Waals surface area contributed by atoms with E-state index in [1.807, 2.05) is 59.0 Å². The number of imide groups is 1. The number of aromatic nitrogens is 4. The Morgan fingerprint density at radius 2 is 1.66 bits per heavy atom. The van der Waals surface area contributed by atoms with Gasteiger partial charge in [-0.2, -0.15) is 13.5 Å². The average Bonchev–Trinajstić information content (AvgIpc) is 0.978. The maximum Gasteiger partial charge on any atom is 0.410 e. The molecule has 4 saturated carbocycles. The topological polar surface area (TPSA) is 291 Å². The van der Waals surface area contributed by atoms with Crippen molar-refractivity contribution in [1.29, 1.82) is 0 Å². The van der Waals surface area contributed by atoms with Crippen molar-refractivity contribution in [2.75, 3.05) is 75.1 Å². The average molecular weight is 1260 g/mol. The lowest BCUT2D eigenvalue weighted by Gasteiger charge is -2.69. The van der Waals surface area contributed by atoms with Gasteiger partial charge < -0.3 is 39.2 Å². The zero-order valence-corrected chi connectivity index (χ0v) is 51.6. The van der Waals surface area contributed by atoms with Crippen molar-refractivity contribution in [3.63, 3.8) is 0 Å². The van der Waals surface area contributed by atoms with Crippen LogP contribution in [0.4, 0.5) is 15.7 Å². The lowest BCUT2D eigenvalue weighted by atomic mass is 9.39. The van der Waals surface area contributed by atoms with E-state index in [-0.39, 0.29) is 106 Å². The summed E-state index contributed by atoms with van der Waals surface area (Å²) in [6, 6.07) is 25.0. The molecule has 469 valence electrons. The van der Waals surface area contributed by atoms with E-state index >= 15 is 0 Å². The predicted molar refractivity (Wildman–Crippen MR) is 329 cm³/mol. The molecule has 4 bridgehead atoms. The molecule has 89 heavy (non-hydrogen) atoms. The standard InChI is InChI=1S/C64H72N9O14S2/c1-42-47(45-16-17-52(68-56(45)58(78)79)71-24-20-43-11-8-12-46(48(43)33-71)57(77)69-59-67-49-13-5-7-15-51(49)88-59)32-66-73(42)41-63-36-61(2)35-62(3,37-63)39-64(38-61,40-63)87-28-26-70(23-9-31-89(81,82)83)60(80)86-34-44-10-4-6-14-50(44)85-30-29-84-27-22-65-53(74)21-25-72-54(75)18-19-55(72)76/h4-5,7-8,10-19,32H,9,20-31,33-41H2,1-3H3,(H,65,74)(H,78,79)(H,67,69,77)(H,81,82,83). The number of nitrogens with one attached hydrogen (secondary N) is 2. The first-order valence-electron chi connectivity index (χ1n) is 29.9. The Morgan fingerprint density at radius 3 is 2.43 bits per heavy atom. The summed E-state index contributed by atoms with van der Waals surface area (Å²) in [5.41, 5.74) is 4.67. The second-order valence-corrected chi connectivity index (χ2v) is 27.5. The highest BCUT2D eigenvalue weighted by atomic mass is 32.2. The second-order valence-electron chi connectivity index (χ2n) is 24.9. The number of fused-ring (bicyclic) bond motifs is 2. The van der Waals surface area contributed by atoms with Gasteiger partial charge in [-0.25, -0.2) is 19.6 Å². The number of ether oxygens (including phenoxy) is 4. The van der Waals surface area contributed by atoms with E-state index in [2.05, 4.69) is 35.5 Å². The number of hydrogen-bond donors (Lipinski definition) is 4. The number of carboxylic acid groups (broad SMARTS) is 1. The lowest BCUT2D eigenvalue weighted by Crippen LogP contribution is -2.64. The van der Waals surface area contributed by atoms with Gasteiger partial charge >= 0.3 is 12.1 Å². The zero-order valence-electron chi connectivity index (χ0n) is 50.0. The number of carboxylic acids is 1. The largest absolute Gasteiger partial charge is 0.491 e. The number of nitrogens with zero attached hydrogens (tertiary/aromatic N) is 7. The number of carbonyl (C=O) groups excluding carboxylic acids is 5. The first-order valence-corrected chi connectivity index (χ1v) is 32.3. The van der Waals surface area contributed by atoms with Gasteiger partial charge in [0.15, 0.2) is 10.8 Å². The van der Waals surface area contributed by atoms with Gasteiger partial charge in [0.25, 0.3) is 27.8 Å². The van der Waals surface area contributed by atoms with Crippen LogP contribution >= 0.6 is 11.3 Å². The number of benzene rings is 3. The SMILES string of the molecule is Cc1c(-c2ccc(N3CCc4cccc(C(=O)Nc5nc6ccccc6s5)c4C3)nc2C(=O)O)cnn1CC12CC3(C)CC(C)(C1)CC(OCCN(CCCS(=O)(=O)O)C(=O)OCc1cc[c]cc1OCCOCCNC(=O)CCN1C(=O)C=CC1=O)(C3)C2. The quantitative estimate of drug-likeness (QED) is 0.0215. The van der Waals surface area contributed by atoms with E-state index in [1.165, 1.54) is 16.2 Å². The minimum atomic E-state index is -4.32. The van der Waals surface area contributed by atoms with E-state index < -0.39 is 45.3 Å². The van der Waals surface area contributed by atoms with E-state index in [9.17, 15) is 46.8 Å². The van der Waals surface area contributed by atoms with Crippen molar-refractivity contribution in [3.05, 3.63) is 131 Å². The highest BCUT2D eigenvalue weighted by molar-refractivity contribution is 7.85. The van der Waals surface area contributed by atoms with Crippen LogP contribution in [0.15, 0.2) is 91.1 Å². The first-order chi connectivity index (χ1) is 42.6. The van der Waals surface area contributed by atoms with Crippen LogP contribution in [0, 0.1) is 29.2 Å². The molecule has 4 aliphatic carbocycles. The maximum atomic E-state index is 13.9. The van der Waals surface area contributed by atoms with Gasteiger partial charge in [-0.05, 0) is 128 Å². The molecular formula is C64H72N9O14S2. The van der Waals surface area contributed by atoms with Crippen molar-refractivity contribution in [1.82, 2.24) is 34.9 Å². The molecule has 0 spiro atoms. The molecule has 6 aliphatic rings. The fraction of sp³-hybridized carbons (Fsp3) is 0.453. The highest BCUT2D eigenvalue weighted by Gasteiger charge is 2.66. The summed E-state index contributed by atoms with van der Waals surface area (Å²) in [6.45, 7) is 8.77. The maximum absolute atomic E-state index is 13.9. The molecule has 2 atom stereocenters. The summed E-state index contributed by atoms with van der Waals surface area (Å²) in [4.78, 5) is 90.3. The Hall–Kier alpha value is -8.10. The summed E-state index contributed by atoms with van der Waals surface area (Å²) in [5, 5.41) is 21.8. The fourth-order valence-electron chi connectivity index (χ4n) is 15.0. The monoisotopic (exact) mass is 1250 g/mol. The Morgan fingerprint density at radius 1 is 0.876 bits per heavy atom. The summed E-state index contributed by atoms with van der Waals surface area (Å²) in [5.74, 6) is -2.35. The Balaban J connectivity index is 0.708. The molecule has 2 unspecified atom stereocenters. The van der Waals surface area contributed by atoms with Gasteiger partial charge in [0, 0.05) is 92.3 Å². The fourth-order valence-corrected chi connectivity index (χ4v) is 16.3. The van der Waals surface area contributed by atoms with Crippen LogP contribution in [-0.2, 0) is 64.8 Å². The van der Waals surface area contributed by atoms with Crippen molar-refractivity contribution in [2.45, 2.75) is 104 Å². The molecule has 0 saturated heterocycles. The molecule has 1 radical (unpaired) electrons. The van der Waals surface area contributed by atoms with Crippen molar-refractivity contribution < 1.29 is 65.8 Å². The van der Waals surface area contributed by atoms with Crippen LogP contribution in [0.5, 0.6) is 5.75 Å². The molecule has 23 nitrogen and oxygen atoms in total. The molecule has 5 heterocycles. The minimum Gasteiger partial charge on any atom is -0.491 e. The van der Waals surface area contributed by atoms with E-state index in [0.717, 1.165) is 82.6 Å². The van der Waals surface area contributed by atoms with Crippen molar-refractivity contribution in [2.24, 2.45) is 16.2 Å². The Bertz CT molecular complexity index is 3800. The number of pyridine rings is 1. The summed E-state index contributed by atoms with van der Waals surface area (Å²) in [7, 11) is -4.32. The number of thiazole rings is 1. The van der Waals surface area contributed by atoms with Crippen molar-refractivity contribution in [3.8, 4) is 16.9 Å². The van der Waals surface area contributed by atoms with Gasteiger partial charge in [0.1, 0.15) is 24.8 Å². The van der Waals surface area contributed by atoms with Gasteiger partial charge in [-0.1, -0.05) is 61.6 Å². The third-order valence-electron chi connectivity index (χ3n) is 17.6. The van der Waals surface area contributed by atoms with E-state index in [1.54, 1.807) is 36.5 Å². The molecule has 5 amide bonds. The molecule has 25 heteroatoms. The van der Waals surface area contributed by atoms with Gasteiger partial charge in [0.05, 0.1) is 47.6 Å². The zero-order chi connectivity index (χ0) is 62.7. The lowest BCUT2D eigenvalue weighted by molar-refractivity contribution is -0.248. The third-order valence-corrected chi connectivity index (χ3v) is 19.4. The summed E-state index contributed by atoms with van der Waals surface area (Å²) in [6.07, 6.45) is 9.16. The molecule has 3 aromatic heterocycles. The van der Waals surface area contributed by atoms with Crippen molar-refractivity contribution >= 4 is 78.3 Å². The van der Waals surface area contributed by atoms with Crippen LogP contribution in [0.2, 0.25) is 0 Å². The van der Waals surface area contributed by atoms with Crippen LogP contribution in [-0.4, -0.2) is 154 Å². The number of hydrogen-bond acceptors (Lipinski definition) is 17. The third kappa shape index (κ3) is 14.5. The van der Waals surface area contributed by atoms with E-state index in [4.69, 9.17) is 29.0 Å². The first kappa shape index (κ1) is 62.5. The normalized spacial score (nSPS) is 21.8. The smallest absolute Gasteiger partial charge is 0.410 e. The number of aromatic carboxylic acids is 1. The highest BCUT2D eigenvalue weighted by Crippen LogP contribution is 2.72.